The van der Waals surface area contributed by atoms with Crippen LogP contribution in [0, 0.1) is 11.7 Å². The first-order valence-electron chi connectivity index (χ1n) is 10.3. The number of ether oxygens (including phenoxy) is 2. The van der Waals surface area contributed by atoms with Crippen molar-refractivity contribution in [1.82, 2.24) is 5.32 Å². The van der Waals surface area contributed by atoms with E-state index in [0.717, 1.165) is 31.2 Å². The molecule has 1 aliphatic heterocycles. The van der Waals surface area contributed by atoms with E-state index in [2.05, 4.69) is 5.32 Å². The predicted molar refractivity (Wildman–Crippen MR) is 104 cm³/mol. The van der Waals surface area contributed by atoms with Crippen LogP contribution in [-0.2, 0) is 14.3 Å². The summed E-state index contributed by atoms with van der Waals surface area (Å²) in [7, 11) is 0. The molecule has 6 heteroatoms. The maximum Gasteiger partial charge on any atom is 0.286 e. The van der Waals surface area contributed by atoms with E-state index in [4.69, 9.17) is 9.47 Å². The number of carbonyl (C=O) groups excluding carboxylic acids is 1. The summed E-state index contributed by atoms with van der Waals surface area (Å²) in [4.78, 5) is 12.8. The molecule has 1 saturated carbocycles. The summed E-state index contributed by atoms with van der Waals surface area (Å²) < 4.78 is 25.2. The standard InChI is InChI=1S/C22H30FNO4/c1-2-27-22-18(8-5-13-25)19(15-9-11-16(23)12-10-15)14-20(28-22)21(26)24-17-6-3-4-7-17/h9-12,14,17-19,22,25H,2-8,13H2,1H3,(H,24,26)/t18-,19-,22-/m0/s1. The number of amides is 1. The largest absolute Gasteiger partial charge is 0.459 e. The van der Waals surface area contributed by atoms with Crippen molar-refractivity contribution >= 4 is 5.91 Å². The van der Waals surface area contributed by atoms with E-state index in [1.54, 1.807) is 12.1 Å². The molecular weight excluding hydrogens is 361 g/mol. The molecule has 0 radical (unpaired) electrons. The molecule has 2 N–H and O–H groups in total. The summed E-state index contributed by atoms with van der Waals surface area (Å²) >= 11 is 0. The fourth-order valence-corrected chi connectivity index (χ4v) is 4.16. The Balaban J connectivity index is 1.87. The van der Waals surface area contributed by atoms with Gasteiger partial charge in [0.2, 0.25) is 6.29 Å². The molecular formula is C22H30FNO4. The number of nitrogens with one attached hydrogen (secondary N) is 1. The lowest BCUT2D eigenvalue weighted by atomic mass is 9.80. The van der Waals surface area contributed by atoms with Gasteiger partial charge < -0.3 is 19.9 Å². The van der Waals surface area contributed by atoms with Crippen LogP contribution in [-0.4, -0.2) is 36.6 Å². The van der Waals surface area contributed by atoms with Crippen LogP contribution in [0.3, 0.4) is 0 Å². The molecule has 0 aromatic heterocycles. The Hall–Kier alpha value is -1.92. The molecule has 28 heavy (non-hydrogen) atoms. The Morgan fingerprint density at radius 2 is 2.00 bits per heavy atom. The van der Waals surface area contributed by atoms with Crippen molar-refractivity contribution in [3.05, 3.63) is 47.5 Å². The monoisotopic (exact) mass is 391 g/mol. The van der Waals surface area contributed by atoms with Crippen molar-refractivity contribution in [3.63, 3.8) is 0 Å². The fraction of sp³-hybridized carbons (Fsp3) is 0.591. The minimum absolute atomic E-state index is 0.0689. The Kier molecular flexibility index (Phi) is 7.45. The summed E-state index contributed by atoms with van der Waals surface area (Å²) in [5.41, 5.74) is 0.906. The first-order valence-corrected chi connectivity index (χ1v) is 10.3. The van der Waals surface area contributed by atoms with Gasteiger partial charge in [0.25, 0.3) is 5.91 Å². The van der Waals surface area contributed by atoms with Crippen molar-refractivity contribution in [1.29, 1.82) is 0 Å². The normalized spacial score (nSPS) is 25.2. The molecule has 0 saturated heterocycles. The van der Waals surface area contributed by atoms with Crippen LogP contribution >= 0.6 is 0 Å². The van der Waals surface area contributed by atoms with E-state index < -0.39 is 6.29 Å². The zero-order chi connectivity index (χ0) is 19.9. The number of hydrogen-bond acceptors (Lipinski definition) is 4. The van der Waals surface area contributed by atoms with Crippen LogP contribution in [0.15, 0.2) is 36.1 Å². The molecule has 1 heterocycles. The zero-order valence-corrected chi connectivity index (χ0v) is 16.4. The lowest BCUT2D eigenvalue weighted by Gasteiger charge is -2.37. The molecule has 3 atom stereocenters. The van der Waals surface area contributed by atoms with E-state index in [1.165, 1.54) is 12.1 Å². The van der Waals surface area contributed by atoms with Crippen molar-refractivity contribution in [2.45, 2.75) is 63.7 Å². The molecule has 1 aromatic carbocycles. The van der Waals surface area contributed by atoms with Gasteiger partial charge in [-0.1, -0.05) is 25.0 Å². The second kappa shape index (κ2) is 10.0. The first kappa shape index (κ1) is 20.8. The molecule has 5 nitrogen and oxygen atoms in total. The number of rotatable bonds is 8. The van der Waals surface area contributed by atoms with Crippen molar-refractivity contribution in [3.8, 4) is 0 Å². The minimum atomic E-state index is -0.582. The highest BCUT2D eigenvalue weighted by molar-refractivity contribution is 5.92. The molecule has 3 rings (SSSR count). The van der Waals surface area contributed by atoms with Gasteiger partial charge in [0, 0.05) is 31.1 Å². The van der Waals surface area contributed by atoms with E-state index in [-0.39, 0.29) is 42.0 Å². The summed E-state index contributed by atoms with van der Waals surface area (Å²) in [6.45, 7) is 2.41. The number of benzene rings is 1. The van der Waals surface area contributed by atoms with Crippen LogP contribution in [0.5, 0.6) is 0 Å². The Morgan fingerprint density at radius 3 is 2.64 bits per heavy atom. The number of aliphatic hydroxyl groups is 1. The number of halogens is 1. The molecule has 0 unspecified atom stereocenters. The maximum absolute atomic E-state index is 13.4. The lowest BCUT2D eigenvalue weighted by Crippen LogP contribution is -2.41. The van der Waals surface area contributed by atoms with Gasteiger partial charge in [0.15, 0.2) is 5.76 Å². The number of allylic oxidation sites excluding steroid dienone is 1. The highest BCUT2D eigenvalue weighted by Crippen LogP contribution is 2.39. The predicted octanol–water partition coefficient (Wildman–Crippen LogP) is 3.63. The SMILES string of the molecule is CCO[C@H]1OC(C(=O)NC2CCCC2)=C[C@@H](c2ccc(F)cc2)[C@@H]1CCCO. The third-order valence-electron chi connectivity index (χ3n) is 5.58. The summed E-state index contributed by atoms with van der Waals surface area (Å²) in [6, 6.07) is 6.52. The van der Waals surface area contributed by atoms with E-state index in [9.17, 15) is 14.3 Å². The van der Waals surface area contributed by atoms with E-state index in [0.29, 0.717) is 19.4 Å². The number of hydrogen-bond donors (Lipinski definition) is 2. The molecule has 1 aliphatic carbocycles. The second-order valence-corrected chi connectivity index (χ2v) is 7.53. The van der Waals surface area contributed by atoms with Gasteiger partial charge in [-0.2, -0.15) is 0 Å². The summed E-state index contributed by atoms with van der Waals surface area (Å²) in [5, 5.41) is 12.4. The summed E-state index contributed by atoms with van der Waals surface area (Å²) in [5.74, 6) is -0.473. The summed E-state index contributed by atoms with van der Waals surface area (Å²) in [6.07, 6.45) is 6.78. The molecule has 2 aliphatic rings. The van der Waals surface area contributed by atoms with Crippen molar-refractivity contribution < 1.29 is 23.8 Å². The Labute approximate surface area is 165 Å². The molecule has 0 bridgehead atoms. The Morgan fingerprint density at radius 1 is 1.29 bits per heavy atom. The van der Waals surface area contributed by atoms with Gasteiger partial charge in [0.1, 0.15) is 5.82 Å². The lowest BCUT2D eigenvalue weighted by molar-refractivity contribution is -0.166. The van der Waals surface area contributed by atoms with Crippen LogP contribution in [0.2, 0.25) is 0 Å². The zero-order valence-electron chi connectivity index (χ0n) is 16.4. The third-order valence-corrected chi connectivity index (χ3v) is 5.58. The smallest absolute Gasteiger partial charge is 0.286 e. The third kappa shape index (κ3) is 5.11. The quantitative estimate of drug-likeness (QED) is 0.710. The molecule has 1 fully saturated rings. The van der Waals surface area contributed by atoms with Gasteiger partial charge in [-0.15, -0.1) is 0 Å². The number of aliphatic hydroxyl groups excluding tert-OH is 1. The van der Waals surface area contributed by atoms with Crippen LogP contribution in [0.4, 0.5) is 4.39 Å². The van der Waals surface area contributed by atoms with Gasteiger partial charge in [-0.25, -0.2) is 4.39 Å². The van der Waals surface area contributed by atoms with Gasteiger partial charge in [-0.3, -0.25) is 4.79 Å². The molecule has 1 aromatic rings. The van der Waals surface area contributed by atoms with Crippen molar-refractivity contribution in [2.75, 3.05) is 13.2 Å². The maximum atomic E-state index is 13.4. The van der Waals surface area contributed by atoms with Crippen molar-refractivity contribution in [2.24, 2.45) is 5.92 Å². The number of carbonyl (C=O) groups is 1. The average molecular weight is 391 g/mol. The first-order chi connectivity index (χ1) is 13.6. The highest BCUT2D eigenvalue weighted by Gasteiger charge is 2.38. The molecule has 154 valence electrons. The van der Waals surface area contributed by atoms with E-state index >= 15 is 0 Å². The van der Waals surface area contributed by atoms with Crippen LogP contribution in [0.1, 0.15) is 56.9 Å². The van der Waals surface area contributed by atoms with Gasteiger partial charge >= 0.3 is 0 Å². The second-order valence-electron chi connectivity index (χ2n) is 7.53. The topological polar surface area (TPSA) is 67.8 Å². The Bertz CT molecular complexity index is 670. The highest BCUT2D eigenvalue weighted by atomic mass is 19.1. The fourth-order valence-electron chi connectivity index (χ4n) is 4.16. The average Bonchev–Trinajstić information content (AvgIpc) is 3.20. The van der Waals surface area contributed by atoms with Gasteiger partial charge in [-0.05, 0) is 56.4 Å². The van der Waals surface area contributed by atoms with Crippen LogP contribution in [0.25, 0.3) is 0 Å². The molecule has 1 amide bonds. The van der Waals surface area contributed by atoms with Crippen LogP contribution < -0.4 is 5.32 Å². The van der Waals surface area contributed by atoms with Gasteiger partial charge in [0.05, 0.1) is 0 Å². The molecule has 0 spiro atoms. The minimum Gasteiger partial charge on any atom is -0.459 e. The van der Waals surface area contributed by atoms with E-state index in [1.807, 2.05) is 13.0 Å².